The number of aryl methyl sites for hydroxylation is 1. The van der Waals surface area contributed by atoms with Crippen molar-refractivity contribution in [3.8, 4) is 0 Å². The van der Waals surface area contributed by atoms with Gasteiger partial charge in [0.25, 0.3) is 0 Å². The van der Waals surface area contributed by atoms with Gasteiger partial charge in [-0.3, -0.25) is 0 Å². The van der Waals surface area contributed by atoms with Crippen molar-refractivity contribution in [2.45, 2.75) is 51.9 Å². The Labute approximate surface area is 116 Å². The summed E-state index contributed by atoms with van der Waals surface area (Å²) in [7, 11) is 1.44. The quantitative estimate of drug-likeness (QED) is 0.587. The molecule has 2 heteroatoms. The normalized spacial score (nSPS) is 17.9. The van der Waals surface area contributed by atoms with E-state index in [-0.39, 0.29) is 5.97 Å². The number of unbranched alkanes of at least 4 members (excludes halogenated alkanes) is 2. The molecule has 0 N–H and O–H groups in total. The van der Waals surface area contributed by atoms with Crippen LogP contribution in [0.1, 0.15) is 60.5 Å². The van der Waals surface area contributed by atoms with Crippen LogP contribution in [-0.4, -0.2) is 13.1 Å². The van der Waals surface area contributed by atoms with Crippen LogP contribution in [0.5, 0.6) is 0 Å². The topological polar surface area (TPSA) is 26.3 Å². The first kappa shape index (κ1) is 14.1. The minimum absolute atomic E-state index is 0.229. The second kappa shape index (κ2) is 6.74. The maximum atomic E-state index is 11.5. The molecular formula is C17H24O2. The zero-order valence-electron chi connectivity index (χ0n) is 12.1. The maximum absolute atomic E-state index is 11.5. The second-order valence-electron chi connectivity index (χ2n) is 5.58. The summed E-state index contributed by atoms with van der Waals surface area (Å²) < 4.78 is 4.77. The average Bonchev–Trinajstić information content (AvgIpc) is 2.46. The van der Waals surface area contributed by atoms with Crippen molar-refractivity contribution in [1.29, 1.82) is 0 Å². The van der Waals surface area contributed by atoms with Gasteiger partial charge < -0.3 is 4.74 Å². The Morgan fingerprint density at radius 1 is 1.32 bits per heavy atom. The molecule has 0 aromatic heterocycles. The summed E-state index contributed by atoms with van der Waals surface area (Å²) in [5, 5.41) is 0. The number of esters is 1. The number of methoxy groups -OCH3 is 1. The van der Waals surface area contributed by atoms with Crippen LogP contribution >= 0.6 is 0 Å². The smallest absolute Gasteiger partial charge is 0.337 e. The van der Waals surface area contributed by atoms with Gasteiger partial charge in [-0.2, -0.15) is 0 Å². The fourth-order valence-corrected chi connectivity index (χ4v) is 3.00. The number of hydrogen-bond acceptors (Lipinski definition) is 2. The lowest BCUT2D eigenvalue weighted by molar-refractivity contribution is 0.0600. The van der Waals surface area contributed by atoms with Crippen molar-refractivity contribution in [3.63, 3.8) is 0 Å². The van der Waals surface area contributed by atoms with Crippen LogP contribution in [0.2, 0.25) is 0 Å². The lowest BCUT2D eigenvalue weighted by Crippen LogP contribution is -2.15. The van der Waals surface area contributed by atoms with Gasteiger partial charge in [0.15, 0.2) is 0 Å². The zero-order chi connectivity index (χ0) is 13.7. The summed E-state index contributed by atoms with van der Waals surface area (Å²) >= 11 is 0. The van der Waals surface area contributed by atoms with E-state index in [1.165, 1.54) is 56.8 Å². The van der Waals surface area contributed by atoms with Gasteiger partial charge in [-0.05, 0) is 48.4 Å². The molecule has 2 rings (SSSR count). The van der Waals surface area contributed by atoms with Gasteiger partial charge >= 0.3 is 5.97 Å². The lowest BCUT2D eigenvalue weighted by atomic mass is 9.81. The van der Waals surface area contributed by atoms with Crippen molar-refractivity contribution in [3.05, 3.63) is 34.9 Å². The number of fused-ring (bicyclic) bond motifs is 1. The Morgan fingerprint density at radius 2 is 2.16 bits per heavy atom. The third kappa shape index (κ3) is 3.59. The number of ether oxygens (including phenoxy) is 1. The molecule has 1 atom stereocenters. The largest absolute Gasteiger partial charge is 0.465 e. The molecule has 1 unspecified atom stereocenters. The second-order valence-corrected chi connectivity index (χ2v) is 5.58. The molecule has 0 spiro atoms. The van der Waals surface area contributed by atoms with Gasteiger partial charge in [0, 0.05) is 0 Å². The molecule has 104 valence electrons. The number of hydrogen-bond donors (Lipinski definition) is 0. The highest BCUT2D eigenvalue weighted by atomic mass is 16.5. The zero-order valence-corrected chi connectivity index (χ0v) is 12.1. The number of carbonyl (C=O) groups is 1. The van der Waals surface area contributed by atoms with E-state index < -0.39 is 0 Å². The van der Waals surface area contributed by atoms with Crippen molar-refractivity contribution >= 4 is 5.97 Å². The van der Waals surface area contributed by atoms with E-state index in [1.807, 2.05) is 12.1 Å². The Hall–Kier alpha value is -1.31. The number of carbonyl (C=O) groups excluding carboxylic acids is 1. The van der Waals surface area contributed by atoms with E-state index >= 15 is 0 Å². The van der Waals surface area contributed by atoms with Crippen LogP contribution < -0.4 is 0 Å². The highest BCUT2D eigenvalue weighted by Gasteiger charge is 2.19. The minimum Gasteiger partial charge on any atom is -0.465 e. The van der Waals surface area contributed by atoms with Crippen LogP contribution in [0.25, 0.3) is 0 Å². The van der Waals surface area contributed by atoms with Crippen molar-refractivity contribution in [2.24, 2.45) is 5.92 Å². The van der Waals surface area contributed by atoms with Crippen molar-refractivity contribution in [1.82, 2.24) is 0 Å². The summed E-state index contributed by atoms with van der Waals surface area (Å²) in [6.45, 7) is 2.25. The average molecular weight is 260 g/mol. The van der Waals surface area contributed by atoms with Crippen LogP contribution in [0.15, 0.2) is 18.2 Å². The Balaban J connectivity index is 2.00. The van der Waals surface area contributed by atoms with Gasteiger partial charge in [0.2, 0.25) is 0 Å². The molecule has 0 bridgehead atoms. The molecule has 0 amide bonds. The molecular weight excluding hydrogens is 236 g/mol. The number of rotatable bonds is 5. The van der Waals surface area contributed by atoms with Crippen LogP contribution in [0.3, 0.4) is 0 Å². The predicted octanol–water partition coefficient (Wildman–Crippen LogP) is 4.16. The first-order valence-electron chi connectivity index (χ1n) is 7.44. The highest BCUT2D eigenvalue weighted by molar-refractivity contribution is 5.89. The first-order valence-corrected chi connectivity index (χ1v) is 7.44. The van der Waals surface area contributed by atoms with Gasteiger partial charge in [0.1, 0.15) is 0 Å². The Morgan fingerprint density at radius 3 is 2.89 bits per heavy atom. The van der Waals surface area contributed by atoms with Crippen molar-refractivity contribution in [2.75, 3.05) is 7.11 Å². The first-order chi connectivity index (χ1) is 9.24. The summed E-state index contributed by atoms with van der Waals surface area (Å²) in [6, 6.07) is 6.04. The molecule has 1 aliphatic rings. The molecule has 0 saturated heterocycles. The molecule has 2 nitrogen and oxygen atoms in total. The number of benzene rings is 1. The van der Waals surface area contributed by atoms with E-state index in [0.29, 0.717) is 5.56 Å². The van der Waals surface area contributed by atoms with E-state index in [4.69, 9.17) is 4.74 Å². The minimum atomic E-state index is -0.229. The standard InChI is InChI=1S/C17H24O2/c1-3-4-5-6-13-7-8-15-12-16(17(18)19-2)10-9-14(15)11-13/h9-10,12-13H,3-8,11H2,1-2H3. The Bertz CT molecular complexity index is 437. The fraction of sp³-hybridized carbons (Fsp3) is 0.588. The highest BCUT2D eigenvalue weighted by Crippen LogP contribution is 2.29. The van der Waals surface area contributed by atoms with Crippen LogP contribution in [0.4, 0.5) is 0 Å². The SMILES string of the molecule is CCCCCC1CCc2cc(C(=O)OC)ccc2C1. The fourth-order valence-electron chi connectivity index (χ4n) is 3.00. The van der Waals surface area contributed by atoms with Gasteiger partial charge in [-0.15, -0.1) is 0 Å². The molecule has 0 fully saturated rings. The molecule has 1 aromatic rings. The maximum Gasteiger partial charge on any atom is 0.337 e. The molecule has 19 heavy (non-hydrogen) atoms. The lowest BCUT2D eigenvalue weighted by Gasteiger charge is -2.25. The summed E-state index contributed by atoms with van der Waals surface area (Å²) in [4.78, 5) is 11.5. The van der Waals surface area contributed by atoms with Crippen LogP contribution in [0, 0.1) is 5.92 Å². The summed E-state index contributed by atoms with van der Waals surface area (Å²) in [6.07, 6.45) is 8.91. The molecule has 0 radical (unpaired) electrons. The molecule has 0 aliphatic heterocycles. The van der Waals surface area contributed by atoms with Gasteiger partial charge in [-0.1, -0.05) is 38.7 Å². The van der Waals surface area contributed by atoms with E-state index in [2.05, 4.69) is 13.0 Å². The molecule has 1 aliphatic carbocycles. The van der Waals surface area contributed by atoms with Gasteiger partial charge in [0.05, 0.1) is 12.7 Å². The van der Waals surface area contributed by atoms with E-state index in [1.54, 1.807) is 0 Å². The summed E-state index contributed by atoms with van der Waals surface area (Å²) in [5.41, 5.74) is 3.46. The molecule has 0 heterocycles. The van der Waals surface area contributed by atoms with E-state index in [0.717, 1.165) is 12.3 Å². The monoisotopic (exact) mass is 260 g/mol. The third-order valence-electron chi connectivity index (χ3n) is 4.17. The summed E-state index contributed by atoms with van der Waals surface area (Å²) in [5.74, 6) is 0.607. The Kier molecular flexibility index (Phi) is 5.00. The molecule has 0 saturated carbocycles. The van der Waals surface area contributed by atoms with Gasteiger partial charge in [-0.25, -0.2) is 4.79 Å². The van der Waals surface area contributed by atoms with Crippen molar-refractivity contribution < 1.29 is 9.53 Å². The predicted molar refractivity (Wildman–Crippen MR) is 77.4 cm³/mol. The van der Waals surface area contributed by atoms with E-state index in [9.17, 15) is 4.79 Å². The third-order valence-corrected chi connectivity index (χ3v) is 4.17. The van der Waals surface area contributed by atoms with Crippen LogP contribution in [-0.2, 0) is 17.6 Å². The molecule has 1 aromatic carbocycles.